The first-order valence-corrected chi connectivity index (χ1v) is 9.38. The smallest absolute Gasteiger partial charge is 0.251 e. The summed E-state index contributed by atoms with van der Waals surface area (Å²) in [5.41, 5.74) is 2.22. The molecule has 1 aromatic carbocycles. The Balaban J connectivity index is 1.60. The van der Waals surface area contributed by atoms with E-state index < -0.39 is 0 Å². The van der Waals surface area contributed by atoms with Crippen LogP contribution in [0.1, 0.15) is 61.9 Å². The van der Waals surface area contributed by atoms with Crippen LogP contribution in [0.15, 0.2) is 18.2 Å². The maximum atomic E-state index is 12.4. The monoisotopic (exact) mass is 343 g/mol. The second-order valence-electron chi connectivity index (χ2n) is 7.89. The van der Waals surface area contributed by atoms with E-state index in [1.54, 1.807) is 6.07 Å². The molecule has 2 bridgehead atoms. The highest BCUT2D eigenvalue weighted by Crippen LogP contribution is 2.32. The molecule has 3 rings (SSSR count). The van der Waals surface area contributed by atoms with Crippen molar-refractivity contribution in [2.75, 3.05) is 5.32 Å². The van der Waals surface area contributed by atoms with Gasteiger partial charge in [0.25, 0.3) is 5.91 Å². The van der Waals surface area contributed by atoms with Gasteiger partial charge >= 0.3 is 0 Å². The van der Waals surface area contributed by atoms with Crippen molar-refractivity contribution in [3.8, 4) is 0 Å². The number of fused-ring (bicyclic) bond motifs is 2. The lowest BCUT2D eigenvalue weighted by molar-refractivity contribution is -0.117. The third kappa shape index (κ3) is 4.60. The van der Waals surface area contributed by atoms with E-state index in [0.717, 1.165) is 18.4 Å². The number of anilines is 1. The number of amides is 2. The number of nitrogens with one attached hydrogen (secondary N) is 3. The molecule has 2 unspecified atom stereocenters. The number of piperidine rings is 1. The van der Waals surface area contributed by atoms with Gasteiger partial charge in [-0.15, -0.1) is 0 Å². The Hall–Kier alpha value is -1.88. The minimum absolute atomic E-state index is 0.0466. The summed E-state index contributed by atoms with van der Waals surface area (Å²) in [5.74, 6) is 0.414. The summed E-state index contributed by atoms with van der Waals surface area (Å²) in [7, 11) is 0. The zero-order valence-corrected chi connectivity index (χ0v) is 15.4. The third-order valence-corrected chi connectivity index (χ3v) is 5.23. The van der Waals surface area contributed by atoms with E-state index in [2.05, 4.69) is 16.0 Å². The molecule has 2 amide bonds. The Morgan fingerprint density at radius 3 is 2.52 bits per heavy atom. The van der Waals surface area contributed by atoms with Crippen molar-refractivity contribution in [2.45, 2.75) is 71.0 Å². The molecule has 2 fully saturated rings. The Morgan fingerprint density at radius 2 is 1.88 bits per heavy atom. The normalized spacial score (nSPS) is 25.0. The van der Waals surface area contributed by atoms with Gasteiger partial charge in [-0.05, 0) is 70.1 Å². The highest BCUT2D eigenvalue weighted by Gasteiger charge is 2.34. The molecular formula is C20H29N3O2. The number of carbonyl (C=O) groups is 2. The fourth-order valence-corrected chi connectivity index (χ4v) is 4.10. The van der Waals surface area contributed by atoms with Crippen LogP contribution in [0.2, 0.25) is 0 Å². The van der Waals surface area contributed by atoms with Crippen molar-refractivity contribution in [1.29, 1.82) is 0 Å². The molecule has 1 aromatic rings. The lowest BCUT2D eigenvalue weighted by atomic mass is 9.89. The Labute approximate surface area is 150 Å². The van der Waals surface area contributed by atoms with Gasteiger partial charge in [0.05, 0.1) is 0 Å². The summed E-state index contributed by atoms with van der Waals surface area (Å²) in [6, 6.07) is 6.81. The van der Waals surface area contributed by atoms with Gasteiger partial charge in [0, 0.05) is 35.8 Å². The topological polar surface area (TPSA) is 70.2 Å². The maximum absolute atomic E-state index is 12.4. The minimum Gasteiger partial charge on any atom is -0.350 e. The molecule has 0 spiro atoms. The average molecular weight is 343 g/mol. The number of carbonyl (C=O) groups excluding carboxylic acids is 2. The van der Waals surface area contributed by atoms with E-state index >= 15 is 0 Å². The minimum atomic E-state index is -0.0986. The predicted molar refractivity (Wildman–Crippen MR) is 99.7 cm³/mol. The van der Waals surface area contributed by atoms with Crippen LogP contribution >= 0.6 is 0 Å². The standard InChI is InChI=1S/C20H29N3O2/c1-12(2)21-20(25)18-11-17(5-4-13(18)3)23-19(24)10-14-8-15-6-7-16(9-14)22-15/h4-5,11-12,14-16,22H,6-10H2,1-3H3,(H,21,25)(H,23,24). The van der Waals surface area contributed by atoms with E-state index in [1.165, 1.54) is 12.8 Å². The van der Waals surface area contributed by atoms with Crippen molar-refractivity contribution in [2.24, 2.45) is 5.92 Å². The molecule has 2 heterocycles. The van der Waals surface area contributed by atoms with E-state index in [9.17, 15) is 9.59 Å². The fraction of sp³-hybridized carbons (Fsp3) is 0.600. The summed E-state index contributed by atoms with van der Waals surface area (Å²) in [6.07, 6.45) is 5.25. The molecular weight excluding hydrogens is 314 g/mol. The third-order valence-electron chi connectivity index (χ3n) is 5.23. The molecule has 2 saturated heterocycles. The summed E-state index contributed by atoms with van der Waals surface area (Å²) >= 11 is 0. The van der Waals surface area contributed by atoms with Crippen LogP contribution in [0.25, 0.3) is 0 Å². The molecule has 0 radical (unpaired) electrons. The van der Waals surface area contributed by atoms with Gasteiger partial charge in [0.15, 0.2) is 0 Å². The van der Waals surface area contributed by atoms with Crippen LogP contribution in [-0.2, 0) is 4.79 Å². The first kappa shape index (κ1) is 17.9. The molecule has 0 saturated carbocycles. The van der Waals surface area contributed by atoms with Crippen LogP contribution in [0.3, 0.4) is 0 Å². The second-order valence-corrected chi connectivity index (χ2v) is 7.89. The van der Waals surface area contributed by atoms with Crippen molar-refractivity contribution in [3.63, 3.8) is 0 Å². The Morgan fingerprint density at radius 1 is 1.20 bits per heavy atom. The lowest BCUT2D eigenvalue weighted by Crippen LogP contribution is -2.39. The molecule has 5 nitrogen and oxygen atoms in total. The zero-order chi connectivity index (χ0) is 18.0. The second kappa shape index (κ2) is 7.56. The van der Waals surface area contributed by atoms with Crippen LogP contribution in [0.4, 0.5) is 5.69 Å². The van der Waals surface area contributed by atoms with E-state index in [4.69, 9.17) is 0 Å². The number of aryl methyl sites for hydroxylation is 1. The predicted octanol–water partition coefficient (Wildman–Crippen LogP) is 2.99. The van der Waals surface area contributed by atoms with Crippen LogP contribution in [0, 0.1) is 12.8 Å². The van der Waals surface area contributed by atoms with Crippen molar-refractivity contribution in [3.05, 3.63) is 29.3 Å². The molecule has 2 aliphatic heterocycles. The largest absolute Gasteiger partial charge is 0.350 e. The van der Waals surface area contributed by atoms with Gasteiger partial charge in [-0.2, -0.15) is 0 Å². The number of hydrogen-bond donors (Lipinski definition) is 3. The Bertz CT molecular complexity index is 644. The van der Waals surface area contributed by atoms with E-state index in [1.807, 2.05) is 32.9 Å². The van der Waals surface area contributed by atoms with Gasteiger partial charge in [-0.3, -0.25) is 9.59 Å². The summed E-state index contributed by atoms with van der Waals surface area (Å²) < 4.78 is 0. The van der Waals surface area contributed by atoms with Gasteiger partial charge in [-0.25, -0.2) is 0 Å². The molecule has 2 aliphatic rings. The number of hydrogen-bond acceptors (Lipinski definition) is 3. The number of benzene rings is 1. The highest BCUT2D eigenvalue weighted by atomic mass is 16.2. The Kier molecular flexibility index (Phi) is 5.42. The van der Waals surface area contributed by atoms with Gasteiger partial charge < -0.3 is 16.0 Å². The summed E-state index contributed by atoms with van der Waals surface area (Å²) in [5, 5.41) is 9.49. The average Bonchev–Trinajstić information content (AvgIpc) is 2.87. The first-order valence-electron chi connectivity index (χ1n) is 9.38. The van der Waals surface area contributed by atoms with Crippen molar-refractivity contribution < 1.29 is 9.59 Å². The summed E-state index contributed by atoms with van der Waals surface area (Å²) in [4.78, 5) is 24.7. The number of rotatable bonds is 5. The zero-order valence-electron chi connectivity index (χ0n) is 15.4. The van der Waals surface area contributed by atoms with Gasteiger partial charge in [0.2, 0.25) is 5.91 Å². The summed E-state index contributed by atoms with van der Waals surface area (Å²) in [6.45, 7) is 5.78. The quantitative estimate of drug-likeness (QED) is 0.770. The van der Waals surface area contributed by atoms with Crippen LogP contribution < -0.4 is 16.0 Å². The van der Waals surface area contributed by atoms with Crippen molar-refractivity contribution in [1.82, 2.24) is 10.6 Å². The first-order chi connectivity index (χ1) is 11.9. The highest BCUT2D eigenvalue weighted by molar-refractivity contribution is 5.98. The maximum Gasteiger partial charge on any atom is 0.251 e. The molecule has 3 N–H and O–H groups in total. The van der Waals surface area contributed by atoms with E-state index in [0.29, 0.717) is 35.7 Å². The van der Waals surface area contributed by atoms with E-state index in [-0.39, 0.29) is 17.9 Å². The fourth-order valence-electron chi connectivity index (χ4n) is 4.10. The molecule has 136 valence electrons. The molecule has 2 atom stereocenters. The molecule has 25 heavy (non-hydrogen) atoms. The van der Waals surface area contributed by atoms with Gasteiger partial charge in [0.1, 0.15) is 0 Å². The lowest BCUT2D eigenvalue weighted by Gasteiger charge is -2.28. The van der Waals surface area contributed by atoms with Crippen LogP contribution in [0.5, 0.6) is 0 Å². The van der Waals surface area contributed by atoms with Crippen LogP contribution in [-0.4, -0.2) is 29.9 Å². The SMILES string of the molecule is Cc1ccc(NC(=O)CC2CC3CCC(C2)N3)cc1C(=O)NC(C)C. The molecule has 0 aliphatic carbocycles. The van der Waals surface area contributed by atoms with Crippen molar-refractivity contribution >= 4 is 17.5 Å². The molecule has 0 aromatic heterocycles. The van der Waals surface area contributed by atoms with Gasteiger partial charge in [-0.1, -0.05) is 6.07 Å². The molecule has 5 heteroatoms.